The minimum Gasteiger partial charge on any atom is -0.393 e. The summed E-state index contributed by atoms with van der Waals surface area (Å²) in [6, 6.07) is 7.90. The summed E-state index contributed by atoms with van der Waals surface area (Å²) in [4.78, 5) is 10.2. The number of alkyl halides is 3. The molecule has 0 heterocycles. The summed E-state index contributed by atoms with van der Waals surface area (Å²) < 4.78 is 38.6. The molecule has 0 aliphatic rings. The maximum Gasteiger partial charge on any atom is 0.418 e. The van der Waals surface area contributed by atoms with Crippen LogP contribution in [-0.2, 0) is 12.6 Å². The summed E-state index contributed by atoms with van der Waals surface area (Å²) in [6.07, 6.45) is -4.87. The first-order valence-electron chi connectivity index (χ1n) is 7.17. The van der Waals surface area contributed by atoms with E-state index in [0.29, 0.717) is 18.2 Å². The molecule has 0 fully saturated rings. The molecule has 2 aromatic carbocycles. The number of benzene rings is 2. The van der Waals surface area contributed by atoms with E-state index in [2.05, 4.69) is 5.32 Å². The third-order valence-electron chi connectivity index (χ3n) is 3.35. The molecular formula is C16H14ClF3N2O3. The number of nitrogens with one attached hydrogen (secondary N) is 1. The number of nitro groups is 1. The van der Waals surface area contributed by atoms with Gasteiger partial charge in [0.15, 0.2) is 0 Å². The largest absolute Gasteiger partial charge is 0.418 e. The third-order valence-corrected chi connectivity index (χ3v) is 3.66. The van der Waals surface area contributed by atoms with Gasteiger partial charge in [-0.3, -0.25) is 10.1 Å². The summed E-state index contributed by atoms with van der Waals surface area (Å²) in [7, 11) is 0. The molecule has 0 unspecified atom stereocenters. The molecule has 2 rings (SSSR count). The molecule has 9 heteroatoms. The van der Waals surface area contributed by atoms with Crippen LogP contribution in [0, 0.1) is 10.1 Å². The SMILES string of the molecule is C[C@@H](O)Cc1ccc(Nc2cc(Cl)c(C(F)(F)F)cc2[N+](=O)[O-])cc1. The summed E-state index contributed by atoms with van der Waals surface area (Å²) in [5.41, 5.74) is -0.858. The van der Waals surface area contributed by atoms with E-state index in [0.717, 1.165) is 11.6 Å². The van der Waals surface area contributed by atoms with Crippen LogP contribution in [0.5, 0.6) is 0 Å². The Bertz CT molecular complexity index is 777. The lowest BCUT2D eigenvalue weighted by Crippen LogP contribution is -2.08. The Labute approximate surface area is 146 Å². The first kappa shape index (κ1) is 19.0. The molecule has 0 saturated carbocycles. The molecule has 0 bridgehead atoms. The second kappa shape index (κ2) is 7.28. The molecule has 0 aliphatic heterocycles. The summed E-state index contributed by atoms with van der Waals surface area (Å²) >= 11 is 5.63. The monoisotopic (exact) mass is 374 g/mol. The average Bonchev–Trinajstić information content (AvgIpc) is 2.47. The predicted molar refractivity (Wildman–Crippen MR) is 88.2 cm³/mol. The van der Waals surface area contributed by atoms with Crippen LogP contribution < -0.4 is 5.32 Å². The van der Waals surface area contributed by atoms with Gasteiger partial charge in [0.25, 0.3) is 5.69 Å². The van der Waals surface area contributed by atoms with Crippen molar-refractivity contribution in [2.45, 2.75) is 25.6 Å². The number of aliphatic hydroxyl groups excluding tert-OH is 1. The van der Waals surface area contributed by atoms with Crippen LogP contribution >= 0.6 is 11.6 Å². The minimum atomic E-state index is -4.79. The van der Waals surface area contributed by atoms with Crippen molar-refractivity contribution >= 4 is 28.7 Å². The van der Waals surface area contributed by atoms with E-state index in [9.17, 15) is 28.4 Å². The number of rotatable bonds is 5. The van der Waals surface area contributed by atoms with Gasteiger partial charge in [0.2, 0.25) is 0 Å². The van der Waals surface area contributed by atoms with Gasteiger partial charge < -0.3 is 10.4 Å². The van der Waals surface area contributed by atoms with Crippen molar-refractivity contribution in [1.82, 2.24) is 0 Å². The zero-order valence-electron chi connectivity index (χ0n) is 13.0. The van der Waals surface area contributed by atoms with Gasteiger partial charge in [0.05, 0.1) is 21.6 Å². The Morgan fingerprint density at radius 3 is 2.36 bits per heavy atom. The molecule has 5 nitrogen and oxygen atoms in total. The maximum atomic E-state index is 12.9. The number of hydrogen-bond acceptors (Lipinski definition) is 4. The molecule has 0 radical (unpaired) electrons. The Balaban J connectivity index is 2.35. The highest BCUT2D eigenvalue weighted by Gasteiger charge is 2.36. The van der Waals surface area contributed by atoms with Crippen molar-refractivity contribution in [3.05, 3.63) is 62.7 Å². The summed E-state index contributed by atoms with van der Waals surface area (Å²) in [5.74, 6) is 0. The van der Waals surface area contributed by atoms with E-state index in [4.69, 9.17) is 11.6 Å². The Morgan fingerprint density at radius 1 is 1.28 bits per heavy atom. The van der Waals surface area contributed by atoms with Crippen LogP contribution in [-0.4, -0.2) is 16.1 Å². The van der Waals surface area contributed by atoms with Crippen molar-refractivity contribution in [1.29, 1.82) is 0 Å². The highest BCUT2D eigenvalue weighted by Crippen LogP contribution is 2.41. The molecule has 0 aliphatic carbocycles. The summed E-state index contributed by atoms with van der Waals surface area (Å²) in [6.45, 7) is 1.64. The molecular weight excluding hydrogens is 361 g/mol. The Morgan fingerprint density at radius 2 is 1.88 bits per heavy atom. The van der Waals surface area contributed by atoms with Crippen LogP contribution in [0.25, 0.3) is 0 Å². The number of nitro benzene ring substituents is 1. The third kappa shape index (κ3) is 4.83. The summed E-state index contributed by atoms with van der Waals surface area (Å²) in [5, 5.41) is 22.5. The fourth-order valence-electron chi connectivity index (χ4n) is 2.25. The lowest BCUT2D eigenvalue weighted by atomic mass is 10.1. The van der Waals surface area contributed by atoms with Gasteiger partial charge in [0, 0.05) is 11.8 Å². The van der Waals surface area contributed by atoms with E-state index >= 15 is 0 Å². The predicted octanol–water partition coefficient (Wildman–Crippen LogP) is 4.93. The fraction of sp³-hybridized carbons (Fsp3) is 0.250. The van der Waals surface area contributed by atoms with Gasteiger partial charge >= 0.3 is 6.18 Å². The fourth-order valence-corrected chi connectivity index (χ4v) is 2.52. The van der Waals surface area contributed by atoms with Crippen LogP contribution in [0.15, 0.2) is 36.4 Å². The highest BCUT2D eigenvalue weighted by atomic mass is 35.5. The lowest BCUT2D eigenvalue weighted by molar-refractivity contribution is -0.384. The second-order valence-electron chi connectivity index (χ2n) is 5.48. The van der Waals surface area contributed by atoms with E-state index < -0.39 is 33.5 Å². The van der Waals surface area contributed by atoms with Crippen molar-refractivity contribution in [3.8, 4) is 0 Å². The minimum absolute atomic E-state index is 0.147. The van der Waals surface area contributed by atoms with Crippen molar-refractivity contribution in [2.24, 2.45) is 0 Å². The normalized spacial score (nSPS) is 12.7. The molecule has 0 spiro atoms. The van der Waals surface area contributed by atoms with Crippen molar-refractivity contribution in [2.75, 3.05) is 5.32 Å². The van der Waals surface area contributed by atoms with E-state index in [1.165, 1.54) is 0 Å². The first-order chi connectivity index (χ1) is 11.6. The van der Waals surface area contributed by atoms with Crippen molar-refractivity contribution < 1.29 is 23.2 Å². The Hall–Kier alpha value is -2.32. The van der Waals surface area contributed by atoms with Gasteiger partial charge in [-0.05, 0) is 37.1 Å². The van der Waals surface area contributed by atoms with Gasteiger partial charge in [0.1, 0.15) is 5.69 Å². The lowest BCUT2D eigenvalue weighted by Gasteiger charge is -2.13. The standard InChI is InChI=1S/C16H14ClF3N2O3/c1-9(23)6-10-2-4-11(5-3-10)21-14-8-13(17)12(16(18,19)20)7-15(14)22(24)25/h2-5,7-9,21,23H,6H2,1H3/t9-/m1/s1. The molecule has 0 amide bonds. The number of halogens is 4. The van der Waals surface area contributed by atoms with Crippen LogP contribution in [0.2, 0.25) is 5.02 Å². The smallest absolute Gasteiger partial charge is 0.393 e. The molecule has 25 heavy (non-hydrogen) atoms. The molecule has 2 N–H and O–H groups in total. The highest BCUT2D eigenvalue weighted by molar-refractivity contribution is 6.31. The quantitative estimate of drug-likeness (QED) is 0.574. The zero-order valence-corrected chi connectivity index (χ0v) is 13.7. The topological polar surface area (TPSA) is 75.4 Å². The van der Waals surface area contributed by atoms with E-state index in [1.54, 1.807) is 31.2 Å². The number of hydrogen-bond donors (Lipinski definition) is 2. The zero-order chi connectivity index (χ0) is 18.8. The molecule has 0 saturated heterocycles. The van der Waals surface area contributed by atoms with Crippen LogP contribution in [0.4, 0.5) is 30.2 Å². The number of anilines is 2. The Kier molecular flexibility index (Phi) is 5.54. The van der Waals surface area contributed by atoms with Crippen LogP contribution in [0.3, 0.4) is 0 Å². The molecule has 134 valence electrons. The maximum absolute atomic E-state index is 12.9. The van der Waals surface area contributed by atoms with E-state index in [1.807, 2.05) is 0 Å². The molecule has 0 aromatic heterocycles. The molecule has 1 atom stereocenters. The number of aliphatic hydroxyl groups is 1. The average molecular weight is 375 g/mol. The first-order valence-corrected chi connectivity index (χ1v) is 7.55. The number of nitrogens with zero attached hydrogens (tertiary/aromatic N) is 1. The van der Waals surface area contributed by atoms with Gasteiger partial charge in [-0.1, -0.05) is 23.7 Å². The van der Waals surface area contributed by atoms with Crippen LogP contribution in [0.1, 0.15) is 18.1 Å². The van der Waals surface area contributed by atoms with E-state index in [-0.39, 0.29) is 5.69 Å². The molecule has 2 aromatic rings. The second-order valence-corrected chi connectivity index (χ2v) is 5.89. The van der Waals surface area contributed by atoms with Gasteiger partial charge in [-0.2, -0.15) is 13.2 Å². The van der Waals surface area contributed by atoms with Crippen molar-refractivity contribution in [3.63, 3.8) is 0 Å². The van der Waals surface area contributed by atoms with Gasteiger partial charge in [-0.25, -0.2) is 0 Å². The van der Waals surface area contributed by atoms with Gasteiger partial charge in [-0.15, -0.1) is 0 Å².